The Kier molecular flexibility index (Phi) is 7.20. The molecule has 1 atom stereocenters. The minimum atomic E-state index is -0.818. The fourth-order valence-electron chi connectivity index (χ4n) is 4.13. The van der Waals surface area contributed by atoms with E-state index in [2.05, 4.69) is 29.5 Å². The van der Waals surface area contributed by atoms with Crippen molar-refractivity contribution >= 4 is 34.1 Å². The van der Waals surface area contributed by atoms with Crippen molar-refractivity contribution in [1.82, 2.24) is 10.3 Å². The van der Waals surface area contributed by atoms with Gasteiger partial charge in [0.05, 0.1) is 5.92 Å². The number of aromatic hydroxyl groups is 1. The van der Waals surface area contributed by atoms with Crippen molar-refractivity contribution in [1.29, 1.82) is 0 Å². The number of phenolic OH excluding ortho intramolecular Hbond substituents is 1. The first-order valence-electron chi connectivity index (χ1n) is 11.9. The highest BCUT2D eigenvalue weighted by Gasteiger charge is 2.25. The zero-order valence-corrected chi connectivity index (χ0v) is 20.6. The number of fused-ring (bicyclic) bond motifs is 1. The lowest BCUT2D eigenvalue weighted by atomic mass is 9.94. The van der Waals surface area contributed by atoms with E-state index in [1.165, 1.54) is 0 Å². The summed E-state index contributed by atoms with van der Waals surface area (Å²) in [5, 5.41) is 18.1. The van der Waals surface area contributed by atoms with E-state index in [4.69, 9.17) is 5.73 Å². The number of nitrogens with zero attached hydrogens (tertiary/aromatic N) is 1. The van der Waals surface area contributed by atoms with Gasteiger partial charge in [0, 0.05) is 34.9 Å². The van der Waals surface area contributed by atoms with Crippen LogP contribution in [-0.2, 0) is 4.79 Å². The number of benzene rings is 3. The molecule has 36 heavy (non-hydrogen) atoms. The van der Waals surface area contributed by atoms with Gasteiger partial charge in [-0.15, -0.1) is 0 Å². The molecule has 0 spiro atoms. The van der Waals surface area contributed by atoms with Crippen molar-refractivity contribution in [3.05, 3.63) is 95.2 Å². The van der Waals surface area contributed by atoms with Crippen LogP contribution in [0.3, 0.4) is 0 Å². The molecule has 184 valence electrons. The van der Waals surface area contributed by atoms with Crippen molar-refractivity contribution in [3.8, 4) is 5.75 Å². The average molecular weight is 483 g/mol. The van der Waals surface area contributed by atoms with E-state index in [1.54, 1.807) is 55.6 Å². The lowest BCUT2D eigenvalue weighted by molar-refractivity contribution is -0.117. The molecule has 0 aliphatic rings. The quantitative estimate of drug-likeness (QED) is 0.292. The lowest BCUT2D eigenvalue weighted by Crippen LogP contribution is -2.34. The van der Waals surface area contributed by atoms with E-state index < -0.39 is 5.92 Å². The second kappa shape index (κ2) is 10.5. The number of aromatic nitrogens is 1. The van der Waals surface area contributed by atoms with E-state index in [9.17, 15) is 14.7 Å². The number of hydrogen-bond acceptors (Lipinski definition) is 5. The van der Waals surface area contributed by atoms with Crippen LogP contribution in [0.25, 0.3) is 10.8 Å². The van der Waals surface area contributed by atoms with Gasteiger partial charge in [-0.3, -0.25) is 9.59 Å². The van der Waals surface area contributed by atoms with Crippen LogP contribution in [0.4, 0.5) is 11.5 Å². The zero-order valence-electron chi connectivity index (χ0n) is 20.6. The maximum absolute atomic E-state index is 13.4. The molecule has 7 nitrogen and oxygen atoms in total. The van der Waals surface area contributed by atoms with E-state index in [1.807, 2.05) is 24.3 Å². The van der Waals surface area contributed by atoms with Crippen molar-refractivity contribution in [2.24, 2.45) is 0 Å². The summed E-state index contributed by atoms with van der Waals surface area (Å²) in [6.07, 6.45) is 1.61. The Morgan fingerprint density at radius 1 is 1.03 bits per heavy atom. The van der Waals surface area contributed by atoms with Crippen LogP contribution in [0.5, 0.6) is 5.75 Å². The highest BCUT2D eigenvalue weighted by molar-refractivity contribution is 6.00. The van der Waals surface area contributed by atoms with Gasteiger partial charge in [-0.25, -0.2) is 4.98 Å². The summed E-state index contributed by atoms with van der Waals surface area (Å²) in [6, 6.07) is 19.8. The molecule has 4 aromatic rings. The summed E-state index contributed by atoms with van der Waals surface area (Å²) >= 11 is 0. The number of anilines is 2. The number of para-hydroxylation sites is 1. The first-order chi connectivity index (χ1) is 17.2. The van der Waals surface area contributed by atoms with Crippen molar-refractivity contribution in [3.63, 3.8) is 0 Å². The van der Waals surface area contributed by atoms with E-state index in [-0.39, 0.29) is 24.1 Å². The average Bonchev–Trinajstić information content (AvgIpc) is 2.86. The number of nitrogens with two attached hydrogens (primary N) is 1. The molecule has 0 saturated heterocycles. The Bertz CT molecular complexity index is 1410. The van der Waals surface area contributed by atoms with Gasteiger partial charge in [-0.2, -0.15) is 0 Å². The summed E-state index contributed by atoms with van der Waals surface area (Å²) in [4.78, 5) is 30.4. The molecule has 0 fully saturated rings. The third-order valence-corrected chi connectivity index (χ3v) is 6.33. The first-order valence-corrected chi connectivity index (χ1v) is 11.9. The molecule has 0 saturated carbocycles. The fraction of sp³-hybridized carbons (Fsp3) is 0.207. The molecular formula is C29H30N4O3. The van der Waals surface area contributed by atoms with Crippen molar-refractivity contribution in [2.45, 2.75) is 32.6 Å². The molecule has 2 amide bonds. The number of pyridine rings is 1. The lowest BCUT2D eigenvalue weighted by Gasteiger charge is -2.20. The molecule has 4 rings (SSSR count). The van der Waals surface area contributed by atoms with Crippen LogP contribution >= 0.6 is 0 Å². The normalized spacial score (nSPS) is 11.9. The molecule has 1 aromatic heterocycles. The van der Waals surface area contributed by atoms with Gasteiger partial charge in [0.2, 0.25) is 5.91 Å². The Balaban J connectivity index is 1.57. The third-order valence-electron chi connectivity index (χ3n) is 6.33. The fourth-order valence-corrected chi connectivity index (χ4v) is 4.13. The summed E-state index contributed by atoms with van der Waals surface area (Å²) < 4.78 is 0. The number of carbonyl (C=O) groups excluding carboxylic acids is 2. The van der Waals surface area contributed by atoms with Crippen LogP contribution in [0.2, 0.25) is 0 Å². The predicted octanol–water partition coefficient (Wildman–Crippen LogP) is 5.11. The largest absolute Gasteiger partial charge is 0.507 e. The topological polar surface area (TPSA) is 117 Å². The summed E-state index contributed by atoms with van der Waals surface area (Å²) in [5.74, 6) is -0.649. The Labute approximate surface area is 210 Å². The third kappa shape index (κ3) is 5.30. The van der Waals surface area contributed by atoms with E-state index >= 15 is 0 Å². The Morgan fingerprint density at radius 3 is 2.50 bits per heavy atom. The van der Waals surface area contributed by atoms with Gasteiger partial charge in [-0.05, 0) is 65.8 Å². The van der Waals surface area contributed by atoms with Crippen molar-refractivity contribution < 1.29 is 14.7 Å². The first kappa shape index (κ1) is 24.7. The van der Waals surface area contributed by atoms with Crippen LogP contribution in [0, 0.1) is 6.92 Å². The summed E-state index contributed by atoms with van der Waals surface area (Å²) in [6.45, 7) is 5.96. The maximum Gasteiger partial charge on any atom is 0.251 e. The molecule has 0 aliphatic carbocycles. The highest BCUT2D eigenvalue weighted by atomic mass is 16.3. The maximum atomic E-state index is 13.4. The van der Waals surface area contributed by atoms with Gasteiger partial charge >= 0.3 is 0 Å². The van der Waals surface area contributed by atoms with Crippen LogP contribution in [-0.4, -0.2) is 28.4 Å². The van der Waals surface area contributed by atoms with Crippen LogP contribution < -0.4 is 16.4 Å². The minimum Gasteiger partial charge on any atom is -0.507 e. The number of carbonyl (C=O) groups is 2. The SMILES string of the molecule is Cc1cccc(C(CNC(=O)c2ccc(C(C)C)cc2)C(=O)Nc2ccc3c(N)nccc3c2)c1O. The smallest absolute Gasteiger partial charge is 0.251 e. The number of amides is 2. The van der Waals surface area contributed by atoms with Gasteiger partial charge in [0.15, 0.2) is 0 Å². The summed E-state index contributed by atoms with van der Waals surface area (Å²) in [7, 11) is 0. The monoisotopic (exact) mass is 482 g/mol. The van der Waals surface area contributed by atoms with Gasteiger partial charge in [0.25, 0.3) is 5.91 Å². The molecular weight excluding hydrogens is 452 g/mol. The van der Waals surface area contributed by atoms with E-state index in [0.29, 0.717) is 34.1 Å². The number of nitrogen functional groups attached to an aromatic ring is 1. The minimum absolute atomic E-state index is 0.0120. The highest BCUT2D eigenvalue weighted by Crippen LogP contribution is 2.30. The number of rotatable bonds is 7. The molecule has 7 heteroatoms. The zero-order chi connectivity index (χ0) is 25.8. The molecule has 0 radical (unpaired) electrons. The number of nitrogens with one attached hydrogen (secondary N) is 2. The Morgan fingerprint density at radius 2 is 1.78 bits per heavy atom. The number of phenols is 1. The molecule has 1 unspecified atom stereocenters. The summed E-state index contributed by atoms with van der Waals surface area (Å²) in [5.41, 5.74) is 9.25. The van der Waals surface area contributed by atoms with Crippen molar-refractivity contribution in [2.75, 3.05) is 17.6 Å². The van der Waals surface area contributed by atoms with Crippen LogP contribution in [0.15, 0.2) is 72.9 Å². The Hall–Kier alpha value is -4.39. The second-order valence-electron chi connectivity index (χ2n) is 9.17. The molecule has 5 N–H and O–H groups in total. The van der Waals surface area contributed by atoms with Gasteiger partial charge < -0.3 is 21.5 Å². The number of aryl methyl sites for hydroxylation is 1. The van der Waals surface area contributed by atoms with E-state index in [0.717, 1.165) is 16.3 Å². The van der Waals surface area contributed by atoms with Gasteiger partial charge in [0.1, 0.15) is 11.6 Å². The second-order valence-corrected chi connectivity index (χ2v) is 9.17. The molecule has 0 bridgehead atoms. The van der Waals surface area contributed by atoms with Gasteiger partial charge in [-0.1, -0.05) is 44.2 Å². The molecule has 3 aromatic carbocycles. The number of hydrogen-bond donors (Lipinski definition) is 4. The molecule has 1 heterocycles. The molecule has 0 aliphatic heterocycles. The predicted molar refractivity (Wildman–Crippen MR) is 143 cm³/mol. The van der Waals surface area contributed by atoms with Crippen LogP contribution in [0.1, 0.15) is 52.7 Å². The standard InChI is InChI=1S/C29H30N4O3/c1-17(2)19-7-9-20(10-8-19)28(35)32-16-25(24-6-4-5-18(3)26(24)34)29(36)33-22-11-12-23-21(15-22)13-14-31-27(23)30/h4-15,17,25,34H,16H2,1-3H3,(H2,30,31)(H,32,35)(H,33,36).